The largest absolute Gasteiger partial charge is 0.387 e. The van der Waals surface area contributed by atoms with E-state index in [1.807, 2.05) is 10.7 Å². The van der Waals surface area contributed by atoms with E-state index in [9.17, 15) is 5.11 Å². The second-order valence-corrected chi connectivity index (χ2v) is 3.70. The van der Waals surface area contributed by atoms with Crippen molar-refractivity contribution in [1.82, 2.24) is 9.78 Å². The minimum absolute atomic E-state index is 0.428. The van der Waals surface area contributed by atoms with Crippen LogP contribution < -0.4 is 0 Å². The van der Waals surface area contributed by atoms with Crippen molar-refractivity contribution in [2.75, 3.05) is 5.88 Å². The van der Waals surface area contributed by atoms with E-state index in [-0.39, 0.29) is 0 Å². The lowest BCUT2D eigenvalue weighted by Gasteiger charge is -2.11. The molecule has 14 heavy (non-hydrogen) atoms. The van der Waals surface area contributed by atoms with E-state index in [4.69, 9.17) is 11.6 Å². The molecule has 1 aromatic rings. The second kappa shape index (κ2) is 6.04. The van der Waals surface area contributed by atoms with Crippen LogP contribution in [-0.2, 0) is 6.54 Å². The third kappa shape index (κ3) is 3.00. The van der Waals surface area contributed by atoms with Gasteiger partial charge in [-0.2, -0.15) is 5.10 Å². The van der Waals surface area contributed by atoms with Gasteiger partial charge in [0.15, 0.2) is 0 Å². The Morgan fingerprint density at radius 1 is 1.64 bits per heavy atom. The van der Waals surface area contributed by atoms with Crippen LogP contribution in [0.1, 0.15) is 38.0 Å². The molecule has 0 bridgehead atoms. The van der Waals surface area contributed by atoms with Crippen LogP contribution in [0.25, 0.3) is 0 Å². The Hall–Kier alpha value is -0.540. The molecule has 3 nitrogen and oxygen atoms in total. The van der Waals surface area contributed by atoms with Gasteiger partial charge in [-0.15, -0.1) is 11.6 Å². The maximum Gasteiger partial charge on any atom is 0.0957 e. The fourth-order valence-electron chi connectivity index (χ4n) is 1.44. The van der Waals surface area contributed by atoms with E-state index in [2.05, 4.69) is 12.0 Å². The summed E-state index contributed by atoms with van der Waals surface area (Å²) in [4.78, 5) is 0. The van der Waals surface area contributed by atoms with Crippen molar-refractivity contribution in [3.8, 4) is 0 Å². The van der Waals surface area contributed by atoms with Crippen molar-refractivity contribution in [3.05, 3.63) is 18.0 Å². The molecule has 0 fully saturated rings. The zero-order chi connectivity index (χ0) is 10.4. The Bertz CT molecular complexity index is 262. The van der Waals surface area contributed by atoms with Gasteiger partial charge in [0.2, 0.25) is 0 Å². The Kier molecular flexibility index (Phi) is 4.98. The summed E-state index contributed by atoms with van der Waals surface area (Å²) in [5.74, 6) is 0.596. The summed E-state index contributed by atoms with van der Waals surface area (Å²) in [7, 11) is 0. The molecule has 1 rings (SSSR count). The Balaban J connectivity index is 2.58. The molecule has 0 aromatic carbocycles. The molecule has 0 saturated heterocycles. The molecule has 80 valence electrons. The van der Waals surface area contributed by atoms with Crippen LogP contribution >= 0.6 is 11.6 Å². The van der Waals surface area contributed by atoms with E-state index >= 15 is 0 Å². The van der Waals surface area contributed by atoms with Crippen molar-refractivity contribution in [3.63, 3.8) is 0 Å². The maximum atomic E-state index is 9.83. The predicted molar refractivity (Wildman–Crippen MR) is 57.4 cm³/mol. The Labute approximate surface area is 89.7 Å². The van der Waals surface area contributed by atoms with Crippen LogP contribution in [0.2, 0.25) is 0 Å². The molecule has 1 atom stereocenters. The number of aliphatic hydroxyl groups excluding tert-OH is 1. The molecule has 0 amide bonds. The molecular weight excluding hydrogens is 200 g/mol. The van der Waals surface area contributed by atoms with E-state index in [0.717, 1.165) is 25.1 Å². The molecule has 1 N–H and O–H groups in total. The zero-order valence-corrected chi connectivity index (χ0v) is 9.24. The fraction of sp³-hybridized carbons (Fsp3) is 0.700. The van der Waals surface area contributed by atoms with Crippen molar-refractivity contribution in [2.24, 2.45) is 0 Å². The van der Waals surface area contributed by atoms with Gasteiger partial charge in [0.25, 0.3) is 0 Å². The molecule has 0 radical (unpaired) electrons. The van der Waals surface area contributed by atoms with Crippen molar-refractivity contribution in [1.29, 1.82) is 0 Å². The first-order valence-corrected chi connectivity index (χ1v) is 5.58. The van der Waals surface area contributed by atoms with Crippen LogP contribution in [0.5, 0.6) is 0 Å². The molecular formula is C10H17ClN2O. The minimum Gasteiger partial charge on any atom is -0.387 e. The summed E-state index contributed by atoms with van der Waals surface area (Å²) in [6.45, 7) is 2.96. The molecule has 0 aliphatic heterocycles. The monoisotopic (exact) mass is 216 g/mol. The van der Waals surface area contributed by atoms with Gasteiger partial charge in [0, 0.05) is 18.6 Å². The first kappa shape index (κ1) is 11.5. The van der Waals surface area contributed by atoms with Crippen molar-refractivity contribution < 1.29 is 5.11 Å². The normalized spacial score (nSPS) is 13.1. The van der Waals surface area contributed by atoms with Gasteiger partial charge in [-0.25, -0.2) is 0 Å². The summed E-state index contributed by atoms with van der Waals surface area (Å²) in [5, 5.41) is 14.0. The number of aryl methyl sites for hydroxylation is 1. The van der Waals surface area contributed by atoms with Gasteiger partial charge >= 0.3 is 0 Å². The van der Waals surface area contributed by atoms with E-state index in [1.54, 1.807) is 6.20 Å². The van der Waals surface area contributed by atoms with Gasteiger partial charge in [0.05, 0.1) is 11.8 Å². The summed E-state index contributed by atoms with van der Waals surface area (Å²) in [5.41, 5.74) is 0.900. The molecule has 0 saturated carbocycles. The zero-order valence-electron chi connectivity index (χ0n) is 8.49. The van der Waals surface area contributed by atoms with Gasteiger partial charge in [-0.05, 0) is 25.3 Å². The first-order valence-electron chi connectivity index (χ1n) is 5.05. The highest BCUT2D eigenvalue weighted by atomic mass is 35.5. The smallest absolute Gasteiger partial charge is 0.0957 e. The van der Waals surface area contributed by atoms with Gasteiger partial charge in [0.1, 0.15) is 0 Å². The summed E-state index contributed by atoms with van der Waals surface area (Å²) in [6, 6.07) is 1.87. The maximum absolute atomic E-state index is 9.83. The van der Waals surface area contributed by atoms with Crippen LogP contribution in [0.15, 0.2) is 12.3 Å². The number of rotatable bonds is 6. The van der Waals surface area contributed by atoms with Crippen LogP contribution in [0.4, 0.5) is 0 Å². The van der Waals surface area contributed by atoms with Crippen LogP contribution in [0, 0.1) is 0 Å². The lowest BCUT2D eigenvalue weighted by Crippen LogP contribution is -2.09. The molecule has 1 heterocycles. The highest BCUT2D eigenvalue weighted by Crippen LogP contribution is 2.18. The van der Waals surface area contributed by atoms with E-state index in [0.29, 0.717) is 12.3 Å². The standard InChI is InChI=1S/C10H17ClN2O/c1-2-8-13-9(5-7-12-13)10(14)4-3-6-11/h5,7,10,14H,2-4,6,8H2,1H3. The van der Waals surface area contributed by atoms with Gasteiger partial charge < -0.3 is 5.11 Å². The topological polar surface area (TPSA) is 38.0 Å². The third-order valence-corrected chi connectivity index (χ3v) is 2.40. The van der Waals surface area contributed by atoms with E-state index < -0.39 is 6.10 Å². The second-order valence-electron chi connectivity index (χ2n) is 3.33. The van der Waals surface area contributed by atoms with Gasteiger partial charge in [-0.3, -0.25) is 4.68 Å². The average Bonchev–Trinajstić information content (AvgIpc) is 2.63. The summed E-state index contributed by atoms with van der Waals surface area (Å²) < 4.78 is 1.86. The molecule has 1 aromatic heterocycles. The summed E-state index contributed by atoms with van der Waals surface area (Å²) >= 11 is 5.57. The molecule has 0 aliphatic rings. The highest BCUT2D eigenvalue weighted by Gasteiger charge is 2.11. The number of nitrogens with zero attached hydrogens (tertiary/aromatic N) is 2. The highest BCUT2D eigenvalue weighted by molar-refractivity contribution is 6.17. The van der Waals surface area contributed by atoms with Gasteiger partial charge in [-0.1, -0.05) is 6.92 Å². The number of hydrogen-bond donors (Lipinski definition) is 1. The molecule has 1 unspecified atom stereocenters. The van der Waals surface area contributed by atoms with Crippen molar-refractivity contribution >= 4 is 11.6 Å². The Morgan fingerprint density at radius 2 is 2.43 bits per heavy atom. The lowest BCUT2D eigenvalue weighted by molar-refractivity contribution is 0.155. The number of halogens is 1. The van der Waals surface area contributed by atoms with E-state index in [1.165, 1.54) is 0 Å². The lowest BCUT2D eigenvalue weighted by atomic mass is 10.1. The first-order chi connectivity index (χ1) is 6.79. The number of hydrogen-bond acceptors (Lipinski definition) is 2. The molecule has 0 aliphatic carbocycles. The fourth-order valence-corrected chi connectivity index (χ4v) is 1.60. The van der Waals surface area contributed by atoms with Crippen LogP contribution in [-0.4, -0.2) is 20.8 Å². The molecule has 0 spiro atoms. The number of aliphatic hydroxyl groups is 1. The van der Waals surface area contributed by atoms with Crippen molar-refractivity contribution in [2.45, 2.75) is 38.8 Å². The number of aromatic nitrogens is 2. The summed E-state index contributed by atoms with van der Waals surface area (Å²) in [6.07, 6.45) is 3.87. The van der Waals surface area contributed by atoms with Crippen LogP contribution in [0.3, 0.4) is 0 Å². The average molecular weight is 217 g/mol. The SMILES string of the molecule is CCCn1nccc1C(O)CCCCl. The predicted octanol–water partition coefficient (Wildman–Crippen LogP) is 2.35. The quantitative estimate of drug-likeness (QED) is 0.742. The third-order valence-electron chi connectivity index (χ3n) is 2.14. The minimum atomic E-state index is -0.428. The Morgan fingerprint density at radius 3 is 3.07 bits per heavy atom. The molecule has 4 heteroatoms. The number of alkyl halides is 1.